The number of esters is 1. The number of benzene rings is 2. The fourth-order valence-electron chi connectivity index (χ4n) is 4.60. The summed E-state index contributed by atoms with van der Waals surface area (Å²) in [7, 11) is 1.61. The number of nitriles is 1. The van der Waals surface area contributed by atoms with Crippen molar-refractivity contribution in [2.45, 2.75) is 19.9 Å². The topological polar surface area (TPSA) is 62.6 Å². The van der Waals surface area contributed by atoms with Gasteiger partial charge < -0.3 is 14.4 Å². The Hall–Kier alpha value is -3.78. The third kappa shape index (κ3) is 3.38. The maximum Gasteiger partial charge on any atom is 0.330 e. The Morgan fingerprint density at radius 1 is 1.09 bits per heavy atom. The van der Waals surface area contributed by atoms with Gasteiger partial charge in [0.25, 0.3) is 0 Å². The number of carbonyl (C=O) groups excluding carboxylic acids is 1. The Kier molecular flexibility index (Phi) is 5.87. The molecule has 5 heteroatoms. The van der Waals surface area contributed by atoms with Gasteiger partial charge in [-0.25, -0.2) is 0 Å². The molecule has 0 amide bonds. The number of aryl methyl sites for hydroxylation is 1. The molecule has 0 aromatic heterocycles. The quantitative estimate of drug-likeness (QED) is 0.610. The molecule has 0 spiro atoms. The largest absolute Gasteiger partial charge is 0.497 e. The molecule has 2 aromatic rings. The van der Waals surface area contributed by atoms with Gasteiger partial charge in [-0.2, -0.15) is 5.26 Å². The molecule has 1 fully saturated rings. The first kappa shape index (κ1) is 21.5. The van der Waals surface area contributed by atoms with Crippen LogP contribution in [0.1, 0.15) is 24.1 Å². The van der Waals surface area contributed by atoms with Crippen LogP contribution in [0.25, 0.3) is 0 Å². The van der Waals surface area contributed by atoms with Crippen molar-refractivity contribution in [1.29, 1.82) is 5.26 Å². The fraction of sp³-hybridized carbons (Fsp3) is 0.259. The predicted octanol–water partition coefficient (Wildman–Crippen LogP) is 5.26. The van der Waals surface area contributed by atoms with Crippen molar-refractivity contribution in [3.8, 4) is 11.8 Å². The number of methoxy groups -OCH3 is 1. The van der Waals surface area contributed by atoms with Crippen LogP contribution >= 0.6 is 0 Å². The molecule has 4 rings (SSSR count). The maximum atomic E-state index is 13.5. The van der Waals surface area contributed by atoms with Crippen LogP contribution in [-0.2, 0) is 9.53 Å². The van der Waals surface area contributed by atoms with Crippen molar-refractivity contribution in [3.05, 3.63) is 95.7 Å². The van der Waals surface area contributed by atoms with Gasteiger partial charge in [-0.05, 0) is 49.8 Å². The Bertz CT molecular complexity index is 1120. The number of allylic oxidation sites excluding steroid dienone is 5. The molecule has 0 N–H and O–H groups in total. The van der Waals surface area contributed by atoms with E-state index in [0.29, 0.717) is 5.75 Å². The summed E-state index contributed by atoms with van der Waals surface area (Å²) < 4.78 is 10.8. The lowest BCUT2D eigenvalue weighted by Gasteiger charge is -2.34. The molecule has 2 aliphatic rings. The molecule has 3 atom stereocenters. The lowest BCUT2D eigenvalue weighted by Crippen LogP contribution is -2.41. The summed E-state index contributed by atoms with van der Waals surface area (Å²) in [6, 6.07) is 17.5. The number of hydrogen-bond donors (Lipinski definition) is 0. The molecule has 1 aliphatic carbocycles. The van der Waals surface area contributed by atoms with Gasteiger partial charge in [-0.1, -0.05) is 54.1 Å². The van der Waals surface area contributed by atoms with E-state index in [1.165, 1.54) is 0 Å². The van der Waals surface area contributed by atoms with Crippen molar-refractivity contribution in [3.63, 3.8) is 0 Å². The standard InChI is InChI=1S/C27H26N2O3/c1-4-32-26(30)27(18-28)23-8-6-5-7-9-24(23)29(21-14-10-19(2)11-15-21)25(27)20-12-16-22(31-3)17-13-20/h5-17,23,25H,4H2,1-3H3/t23-,25+,27?/m1/s1. The molecule has 32 heavy (non-hydrogen) atoms. The molecular weight excluding hydrogens is 400 g/mol. The average molecular weight is 427 g/mol. The minimum absolute atomic E-state index is 0.204. The van der Waals surface area contributed by atoms with Crippen molar-refractivity contribution >= 4 is 11.7 Å². The van der Waals surface area contributed by atoms with Gasteiger partial charge in [0.15, 0.2) is 5.41 Å². The number of carbonyl (C=O) groups is 1. The lowest BCUT2D eigenvalue weighted by atomic mass is 9.71. The maximum absolute atomic E-state index is 13.5. The smallest absolute Gasteiger partial charge is 0.330 e. The predicted molar refractivity (Wildman–Crippen MR) is 124 cm³/mol. The minimum atomic E-state index is -1.45. The second-order valence-corrected chi connectivity index (χ2v) is 7.92. The van der Waals surface area contributed by atoms with E-state index in [0.717, 1.165) is 22.5 Å². The molecular formula is C27H26N2O3. The Balaban J connectivity index is 2.00. The second kappa shape index (κ2) is 8.76. The third-order valence-corrected chi connectivity index (χ3v) is 6.11. The summed E-state index contributed by atoms with van der Waals surface area (Å²) in [6.07, 6.45) is 9.66. The van der Waals surface area contributed by atoms with Gasteiger partial charge in [0.05, 0.1) is 25.8 Å². The monoisotopic (exact) mass is 426 g/mol. The van der Waals surface area contributed by atoms with Crippen molar-refractivity contribution in [2.75, 3.05) is 18.6 Å². The van der Waals surface area contributed by atoms with E-state index >= 15 is 0 Å². The van der Waals surface area contributed by atoms with Gasteiger partial charge in [0.1, 0.15) is 5.75 Å². The third-order valence-electron chi connectivity index (χ3n) is 6.11. The molecule has 1 unspecified atom stereocenters. The summed E-state index contributed by atoms with van der Waals surface area (Å²) >= 11 is 0. The number of nitrogens with zero attached hydrogens (tertiary/aromatic N) is 2. The molecule has 1 saturated heterocycles. The van der Waals surface area contributed by atoms with Crippen LogP contribution in [0.15, 0.2) is 84.6 Å². The van der Waals surface area contributed by atoms with E-state index in [4.69, 9.17) is 9.47 Å². The van der Waals surface area contributed by atoms with Gasteiger partial charge >= 0.3 is 5.97 Å². The Morgan fingerprint density at radius 3 is 2.44 bits per heavy atom. The highest BCUT2D eigenvalue weighted by Crippen LogP contribution is 2.58. The average Bonchev–Trinajstić information content (AvgIpc) is 2.92. The SMILES string of the molecule is CCOC(=O)C1(C#N)[C@@H]2C=CC=CC=C2N(c2ccc(C)cc2)[C@H]1c1ccc(OC)cc1. The number of hydrogen-bond acceptors (Lipinski definition) is 5. The van der Waals surface area contributed by atoms with Crippen LogP contribution in [0.2, 0.25) is 0 Å². The first-order valence-corrected chi connectivity index (χ1v) is 10.7. The minimum Gasteiger partial charge on any atom is -0.497 e. The van der Waals surface area contributed by atoms with E-state index in [1.807, 2.05) is 85.8 Å². The molecule has 0 saturated carbocycles. The van der Waals surface area contributed by atoms with E-state index in [2.05, 4.69) is 11.0 Å². The molecule has 1 heterocycles. The molecule has 5 nitrogen and oxygen atoms in total. The van der Waals surface area contributed by atoms with Crippen LogP contribution in [0.5, 0.6) is 5.75 Å². The summed E-state index contributed by atoms with van der Waals surface area (Å²) in [5.41, 5.74) is 2.32. The zero-order chi connectivity index (χ0) is 22.7. The Morgan fingerprint density at radius 2 is 1.81 bits per heavy atom. The van der Waals surface area contributed by atoms with Crippen molar-refractivity contribution < 1.29 is 14.3 Å². The summed E-state index contributed by atoms with van der Waals surface area (Å²) in [5.74, 6) is -0.265. The van der Waals surface area contributed by atoms with Crippen LogP contribution in [0, 0.1) is 29.6 Å². The zero-order valence-corrected chi connectivity index (χ0v) is 18.5. The van der Waals surface area contributed by atoms with Gasteiger partial charge in [-0.3, -0.25) is 4.79 Å². The van der Waals surface area contributed by atoms with Gasteiger partial charge in [0.2, 0.25) is 0 Å². The molecule has 0 bridgehead atoms. The van der Waals surface area contributed by atoms with Crippen molar-refractivity contribution in [1.82, 2.24) is 0 Å². The highest BCUT2D eigenvalue weighted by molar-refractivity contribution is 5.87. The van der Waals surface area contributed by atoms with E-state index in [-0.39, 0.29) is 6.61 Å². The normalized spacial score (nSPS) is 23.7. The van der Waals surface area contributed by atoms with E-state index in [9.17, 15) is 10.1 Å². The second-order valence-electron chi connectivity index (χ2n) is 7.92. The van der Waals surface area contributed by atoms with Crippen LogP contribution in [0.4, 0.5) is 5.69 Å². The van der Waals surface area contributed by atoms with E-state index < -0.39 is 23.3 Å². The number of anilines is 1. The fourth-order valence-corrected chi connectivity index (χ4v) is 4.60. The molecule has 1 aliphatic heterocycles. The van der Waals surface area contributed by atoms with Crippen LogP contribution < -0.4 is 9.64 Å². The highest BCUT2D eigenvalue weighted by atomic mass is 16.5. The summed E-state index contributed by atoms with van der Waals surface area (Å²) in [4.78, 5) is 15.6. The lowest BCUT2D eigenvalue weighted by molar-refractivity contribution is -0.153. The van der Waals surface area contributed by atoms with Crippen LogP contribution in [0.3, 0.4) is 0 Å². The first-order valence-electron chi connectivity index (χ1n) is 10.7. The zero-order valence-electron chi connectivity index (χ0n) is 18.5. The molecule has 2 aromatic carbocycles. The van der Waals surface area contributed by atoms with E-state index in [1.54, 1.807) is 14.0 Å². The molecule has 162 valence electrons. The Labute approximate surface area is 188 Å². The van der Waals surface area contributed by atoms with Crippen molar-refractivity contribution in [2.24, 2.45) is 11.3 Å². The van der Waals surface area contributed by atoms with Gasteiger partial charge in [-0.15, -0.1) is 0 Å². The highest BCUT2D eigenvalue weighted by Gasteiger charge is 2.63. The number of rotatable bonds is 5. The summed E-state index contributed by atoms with van der Waals surface area (Å²) in [6.45, 7) is 4.00. The molecule has 0 radical (unpaired) electrons. The number of fused-ring (bicyclic) bond motifs is 1. The van der Waals surface area contributed by atoms with Gasteiger partial charge in [0, 0.05) is 17.3 Å². The number of ether oxygens (including phenoxy) is 2. The van der Waals surface area contributed by atoms with Crippen LogP contribution in [-0.4, -0.2) is 19.7 Å². The first-order chi connectivity index (χ1) is 15.6. The summed E-state index contributed by atoms with van der Waals surface area (Å²) in [5, 5.41) is 10.6.